The van der Waals surface area contributed by atoms with Crippen LogP contribution < -0.4 is 4.90 Å². The molecule has 3 nitrogen and oxygen atoms in total. The number of rotatable bonds is 2. The van der Waals surface area contributed by atoms with Gasteiger partial charge in [-0.2, -0.15) is 10.5 Å². The Hall–Kier alpha value is -2.00. The van der Waals surface area contributed by atoms with E-state index in [1.165, 1.54) is 0 Å². The van der Waals surface area contributed by atoms with Crippen LogP contribution in [0.15, 0.2) is 24.3 Å². The van der Waals surface area contributed by atoms with E-state index >= 15 is 0 Å². The monoisotopic (exact) mass is 225 g/mol. The standard InChI is InChI=1S/C14H15N3/c1-17(14-7-3-5-12(14)10-16)13-6-2-4-11(8-13)9-15/h2,4,6,8,12,14H,3,5,7H2,1H3. The highest BCUT2D eigenvalue weighted by atomic mass is 15.1. The molecule has 86 valence electrons. The summed E-state index contributed by atoms with van der Waals surface area (Å²) in [6.07, 6.45) is 3.17. The van der Waals surface area contributed by atoms with Crippen LogP contribution in [0.1, 0.15) is 24.8 Å². The van der Waals surface area contributed by atoms with Crippen molar-refractivity contribution in [2.24, 2.45) is 5.92 Å². The topological polar surface area (TPSA) is 50.8 Å². The van der Waals surface area contributed by atoms with Crippen LogP contribution in [0, 0.1) is 28.6 Å². The summed E-state index contributed by atoms with van der Waals surface area (Å²) >= 11 is 0. The summed E-state index contributed by atoms with van der Waals surface area (Å²) < 4.78 is 0. The van der Waals surface area contributed by atoms with Gasteiger partial charge in [0.15, 0.2) is 0 Å². The van der Waals surface area contributed by atoms with E-state index in [0.717, 1.165) is 24.9 Å². The van der Waals surface area contributed by atoms with Crippen molar-refractivity contribution in [2.45, 2.75) is 25.3 Å². The lowest BCUT2D eigenvalue weighted by atomic mass is 10.0. The molecule has 2 unspecified atom stereocenters. The Labute approximate surface area is 102 Å². The second-order valence-electron chi connectivity index (χ2n) is 4.51. The third kappa shape index (κ3) is 2.24. The van der Waals surface area contributed by atoms with Gasteiger partial charge in [0.2, 0.25) is 0 Å². The van der Waals surface area contributed by atoms with E-state index in [1.807, 2.05) is 25.2 Å². The molecule has 1 saturated carbocycles. The van der Waals surface area contributed by atoms with Gasteiger partial charge in [-0.25, -0.2) is 0 Å². The van der Waals surface area contributed by atoms with Crippen LogP contribution in [0.2, 0.25) is 0 Å². The van der Waals surface area contributed by atoms with Gasteiger partial charge in [0.25, 0.3) is 0 Å². The molecule has 0 N–H and O–H groups in total. The number of anilines is 1. The molecule has 0 radical (unpaired) electrons. The molecular formula is C14H15N3. The van der Waals surface area contributed by atoms with Crippen molar-refractivity contribution in [3.63, 3.8) is 0 Å². The largest absolute Gasteiger partial charge is 0.370 e. The highest BCUT2D eigenvalue weighted by Gasteiger charge is 2.30. The SMILES string of the molecule is CN(c1cccc(C#N)c1)C1CCCC1C#N. The second-order valence-corrected chi connectivity index (χ2v) is 4.51. The summed E-state index contributed by atoms with van der Waals surface area (Å²) in [7, 11) is 2.01. The van der Waals surface area contributed by atoms with Crippen molar-refractivity contribution in [3.05, 3.63) is 29.8 Å². The van der Waals surface area contributed by atoms with Gasteiger partial charge in [-0.3, -0.25) is 0 Å². The molecule has 1 aliphatic rings. The Kier molecular flexibility index (Phi) is 3.30. The minimum absolute atomic E-state index is 0.116. The maximum atomic E-state index is 9.10. The molecule has 0 heterocycles. The van der Waals surface area contributed by atoms with E-state index in [1.54, 1.807) is 6.07 Å². The molecule has 17 heavy (non-hydrogen) atoms. The van der Waals surface area contributed by atoms with E-state index in [9.17, 15) is 0 Å². The Morgan fingerprint density at radius 1 is 1.29 bits per heavy atom. The summed E-state index contributed by atoms with van der Waals surface area (Å²) in [5, 5.41) is 18.0. The van der Waals surface area contributed by atoms with Crippen molar-refractivity contribution in [1.82, 2.24) is 0 Å². The fraction of sp³-hybridized carbons (Fsp3) is 0.429. The van der Waals surface area contributed by atoms with Gasteiger partial charge in [0, 0.05) is 18.8 Å². The number of hydrogen-bond acceptors (Lipinski definition) is 3. The van der Waals surface area contributed by atoms with Crippen LogP contribution in [-0.4, -0.2) is 13.1 Å². The van der Waals surface area contributed by atoms with Gasteiger partial charge in [-0.1, -0.05) is 6.07 Å². The molecule has 2 rings (SSSR count). The average molecular weight is 225 g/mol. The molecule has 0 saturated heterocycles. The molecule has 3 heteroatoms. The zero-order chi connectivity index (χ0) is 12.3. The summed E-state index contributed by atoms with van der Waals surface area (Å²) in [5.74, 6) is 0.116. The lowest BCUT2D eigenvalue weighted by molar-refractivity contribution is 0.562. The zero-order valence-corrected chi connectivity index (χ0v) is 9.93. The predicted octanol–water partition coefficient (Wildman–Crippen LogP) is 2.69. The number of nitriles is 2. The van der Waals surface area contributed by atoms with E-state index in [0.29, 0.717) is 5.56 Å². The van der Waals surface area contributed by atoms with Gasteiger partial charge < -0.3 is 4.90 Å². The molecule has 0 spiro atoms. The highest BCUT2D eigenvalue weighted by Crippen LogP contribution is 2.31. The molecule has 0 amide bonds. The Balaban J connectivity index is 2.22. The first-order valence-corrected chi connectivity index (χ1v) is 5.89. The third-order valence-electron chi connectivity index (χ3n) is 3.53. The van der Waals surface area contributed by atoms with Crippen LogP contribution in [0.3, 0.4) is 0 Å². The fourth-order valence-corrected chi connectivity index (χ4v) is 2.54. The number of hydrogen-bond donors (Lipinski definition) is 0. The van der Waals surface area contributed by atoms with Gasteiger partial charge in [0.1, 0.15) is 0 Å². The Bertz CT molecular complexity index is 481. The Morgan fingerprint density at radius 2 is 2.12 bits per heavy atom. The van der Waals surface area contributed by atoms with E-state index < -0.39 is 0 Å². The smallest absolute Gasteiger partial charge is 0.0992 e. The zero-order valence-electron chi connectivity index (χ0n) is 9.93. The summed E-state index contributed by atoms with van der Waals surface area (Å²) in [5.41, 5.74) is 1.69. The van der Waals surface area contributed by atoms with E-state index in [2.05, 4.69) is 17.0 Å². The number of benzene rings is 1. The Morgan fingerprint density at radius 3 is 2.82 bits per heavy atom. The van der Waals surface area contributed by atoms with Crippen LogP contribution in [0.4, 0.5) is 5.69 Å². The summed E-state index contributed by atoms with van der Waals surface area (Å²) in [6.45, 7) is 0. The van der Waals surface area contributed by atoms with Gasteiger partial charge in [-0.15, -0.1) is 0 Å². The van der Waals surface area contributed by atoms with Crippen LogP contribution in [-0.2, 0) is 0 Å². The molecule has 0 bridgehead atoms. The maximum Gasteiger partial charge on any atom is 0.0992 e. The molecule has 1 aromatic rings. The molecule has 1 aliphatic carbocycles. The predicted molar refractivity (Wildman–Crippen MR) is 66.3 cm³/mol. The average Bonchev–Trinajstić information content (AvgIpc) is 2.86. The molecule has 2 atom stereocenters. The van der Waals surface area contributed by atoms with Crippen LogP contribution >= 0.6 is 0 Å². The van der Waals surface area contributed by atoms with Crippen molar-refractivity contribution >= 4 is 5.69 Å². The first-order valence-electron chi connectivity index (χ1n) is 5.89. The van der Waals surface area contributed by atoms with Gasteiger partial charge >= 0.3 is 0 Å². The minimum atomic E-state index is 0.116. The van der Waals surface area contributed by atoms with Crippen molar-refractivity contribution < 1.29 is 0 Å². The van der Waals surface area contributed by atoms with Crippen molar-refractivity contribution in [1.29, 1.82) is 10.5 Å². The lowest BCUT2D eigenvalue weighted by Crippen LogP contribution is -2.34. The quantitative estimate of drug-likeness (QED) is 0.777. The van der Waals surface area contributed by atoms with Crippen LogP contribution in [0.5, 0.6) is 0 Å². The second kappa shape index (κ2) is 4.89. The minimum Gasteiger partial charge on any atom is -0.370 e. The highest BCUT2D eigenvalue weighted by molar-refractivity contribution is 5.52. The maximum absolute atomic E-state index is 9.10. The summed E-state index contributed by atoms with van der Waals surface area (Å²) in [6, 6.07) is 12.4. The van der Waals surface area contributed by atoms with Crippen molar-refractivity contribution in [2.75, 3.05) is 11.9 Å². The lowest BCUT2D eigenvalue weighted by Gasteiger charge is -2.28. The molecule has 1 aromatic carbocycles. The van der Waals surface area contributed by atoms with E-state index in [-0.39, 0.29) is 12.0 Å². The molecule has 1 fully saturated rings. The van der Waals surface area contributed by atoms with Crippen LogP contribution in [0.25, 0.3) is 0 Å². The fourth-order valence-electron chi connectivity index (χ4n) is 2.54. The van der Waals surface area contributed by atoms with E-state index in [4.69, 9.17) is 10.5 Å². The third-order valence-corrected chi connectivity index (χ3v) is 3.53. The number of nitrogens with zero attached hydrogens (tertiary/aromatic N) is 3. The molecule has 0 aliphatic heterocycles. The molecular weight excluding hydrogens is 210 g/mol. The summed E-state index contributed by atoms with van der Waals surface area (Å²) in [4.78, 5) is 2.14. The van der Waals surface area contributed by atoms with Gasteiger partial charge in [-0.05, 0) is 37.5 Å². The molecule has 0 aromatic heterocycles. The van der Waals surface area contributed by atoms with Crippen molar-refractivity contribution in [3.8, 4) is 12.1 Å². The van der Waals surface area contributed by atoms with Gasteiger partial charge in [0.05, 0.1) is 23.6 Å². The first-order chi connectivity index (χ1) is 8.26. The normalized spacial score (nSPS) is 22.8. The first kappa shape index (κ1) is 11.5.